The molecule has 0 fully saturated rings. The number of rotatable bonds is 28. The van der Waals surface area contributed by atoms with E-state index in [0.29, 0.717) is 22.8 Å². The third-order valence-electron chi connectivity index (χ3n) is 7.69. The van der Waals surface area contributed by atoms with Crippen molar-refractivity contribution in [3.8, 4) is 0 Å². The minimum Gasteiger partial charge on any atom is -0.351 e. The van der Waals surface area contributed by atoms with E-state index in [-0.39, 0.29) is 11.8 Å². The molecule has 2 amide bonds. The molecule has 1 rings (SSSR count). The summed E-state index contributed by atoms with van der Waals surface area (Å²) in [6.07, 6.45) is 31.6. The highest BCUT2D eigenvalue weighted by atomic mass is 32.1. The van der Waals surface area contributed by atoms with E-state index in [2.05, 4.69) is 24.5 Å². The molecule has 0 spiro atoms. The second kappa shape index (κ2) is 26.8. The highest BCUT2D eigenvalue weighted by molar-refractivity contribution is 7.15. The van der Waals surface area contributed by atoms with E-state index in [9.17, 15) is 9.59 Å². The Balaban J connectivity index is 1.96. The average molecular weight is 563 g/mol. The molecule has 2 N–H and O–H groups in total. The van der Waals surface area contributed by atoms with Crippen LogP contribution in [0.25, 0.3) is 0 Å². The smallest absolute Gasteiger partial charge is 0.261 e. The van der Waals surface area contributed by atoms with E-state index < -0.39 is 0 Å². The first-order chi connectivity index (χ1) is 19.2. The summed E-state index contributed by atoms with van der Waals surface area (Å²) in [5, 5.41) is 6.04. The van der Waals surface area contributed by atoms with Crippen molar-refractivity contribution in [3.05, 3.63) is 21.9 Å². The van der Waals surface area contributed by atoms with Crippen molar-refractivity contribution in [3.63, 3.8) is 0 Å². The van der Waals surface area contributed by atoms with Crippen LogP contribution in [-0.4, -0.2) is 24.9 Å². The fourth-order valence-electron chi connectivity index (χ4n) is 5.09. The summed E-state index contributed by atoms with van der Waals surface area (Å²) < 4.78 is 0. The molecule has 0 aromatic carbocycles. The van der Waals surface area contributed by atoms with Gasteiger partial charge in [-0.05, 0) is 25.0 Å². The molecule has 39 heavy (non-hydrogen) atoms. The van der Waals surface area contributed by atoms with Crippen LogP contribution in [0.5, 0.6) is 0 Å². The number of carbonyl (C=O) groups excluding carboxylic acids is 2. The van der Waals surface area contributed by atoms with Crippen LogP contribution >= 0.6 is 11.3 Å². The SMILES string of the molecule is CCCCCCCCCCCCCCNC(=O)c1ccc(C(=O)NCCCCCCCCCCCCCC)s1. The standard InChI is InChI=1S/C34H62N2O2S/c1-3-5-7-9-11-13-15-17-19-21-23-25-29-35-33(37)31-27-28-32(39-31)34(38)36-30-26-24-22-20-18-16-14-12-10-8-6-4-2/h27-28H,3-26,29-30H2,1-2H3,(H,35,37)(H,36,38). The van der Waals surface area contributed by atoms with Crippen LogP contribution in [0.1, 0.15) is 187 Å². The van der Waals surface area contributed by atoms with Gasteiger partial charge in [-0.1, -0.05) is 155 Å². The number of hydrogen-bond donors (Lipinski definition) is 2. The van der Waals surface area contributed by atoms with E-state index in [0.717, 1.165) is 12.8 Å². The minimum atomic E-state index is -0.0527. The fraction of sp³-hybridized carbons (Fsp3) is 0.824. The molecular formula is C34H62N2O2S. The first-order valence-corrected chi connectivity index (χ1v) is 17.7. The second-order valence-corrected chi connectivity index (χ2v) is 12.5. The topological polar surface area (TPSA) is 58.2 Å². The summed E-state index contributed by atoms with van der Waals surface area (Å²) in [7, 11) is 0. The molecule has 0 saturated carbocycles. The monoisotopic (exact) mass is 562 g/mol. The number of nitrogens with one attached hydrogen (secondary N) is 2. The normalized spacial score (nSPS) is 11.1. The Morgan fingerprint density at radius 1 is 0.462 bits per heavy atom. The lowest BCUT2D eigenvalue weighted by Crippen LogP contribution is -2.24. The zero-order chi connectivity index (χ0) is 28.2. The number of amides is 2. The van der Waals surface area contributed by atoms with Crippen LogP contribution in [-0.2, 0) is 0 Å². The summed E-state index contributed by atoms with van der Waals surface area (Å²) in [6, 6.07) is 3.56. The van der Waals surface area contributed by atoms with Crippen LogP contribution in [0.15, 0.2) is 12.1 Å². The van der Waals surface area contributed by atoms with Crippen LogP contribution < -0.4 is 10.6 Å². The van der Waals surface area contributed by atoms with E-state index in [4.69, 9.17) is 0 Å². The lowest BCUT2D eigenvalue weighted by molar-refractivity contribution is 0.0950. The van der Waals surface area contributed by atoms with Crippen molar-refractivity contribution in [2.24, 2.45) is 0 Å². The molecule has 0 bridgehead atoms. The van der Waals surface area contributed by atoms with E-state index in [1.807, 2.05) is 0 Å². The molecule has 0 aliphatic rings. The maximum absolute atomic E-state index is 12.4. The average Bonchev–Trinajstić information content (AvgIpc) is 3.44. The Kier molecular flexibility index (Phi) is 24.5. The van der Waals surface area contributed by atoms with Gasteiger partial charge >= 0.3 is 0 Å². The Morgan fingerprint density at radius 2 is 0.718 bits per heavy atom. The zero-order valence-electron chi connectivity index (χ0n) is 25.8. The summed E-state index contributed by atoms with van der Waals surface area (Å²) in [5.41, 5.74) is 0. The van der Waals surface area contributed by atoms with Crippen LogP contribution in [0, 0.1) is 0 Å². The van der Waals surface area contributed by atoms with Gasteiger partial charge in [0.1, 0.15) is 0 Å². The van der Waals surface area contributed by atoms with Gasteiger partial charge < -0.3 is 10.6 Å². The summed E-state index contributed by atoms with van der Waals surface area (Å²) in [6.45, 7) is 5.97. The molecule has 1 aromatic rings. The molecule has 5 heteroatoms. The van der Waals surface area contributed by atoms with Crippen molar-refractivity contribution in [1.29, 1.82) is 0 Å². The summed E-state index contributed by atoms with van der Waals surface area (Å²) in [4.78, 5) is 26.1. The molecule has 0 atom stereocenters. The Labute approximate surface area is 245 Å². The van der Waals surface area contributed by atoms with Gasteiger partial charge in [-0.3, -0.25) is 9.59 Å². The van der Waals surface area contributed by atoms with Crippen molar-refractivity contribution in [2.45, 2.75) is 168 Å². The predicted octanol–water partition coefficient (Wildman–Crippen LogP) is 10.6. The van der Waals surface area contributed by atoms with E-state index in [1.54, 1.807) is 12.1 Å². The first-order valence-electron chi connectivity index (χ1n) is 16.8. The van der Waals surface area contributed by atoms with Gasteiger partial charge in [-0.15, -0.1) is 11.3 Å². The van der Waals surface area contributed by atoms with Crippen LogP contribution in [0.3, 0.4) is 0 Å². The van der Waals surface area contributed by atoms with Crippen molar-refractivity contribution >= 4 is 23.2 Å². The van der Waals surface area contributed by atoms with E-state index >= 15 is 0 Å². The molecule has 226 valence electrons. The lowest BCUT2D eigenvalue weighted by atomic mass is 10.1. The second-order valence-electron chi connectivity index (χ2n) is 11.5. The van der Waals surface area contributed by atoms with Gasteiger partial charge in [0.2, 0.25) is 0 Å². The molecule has 0 radical (unpaired) electrons. The van der Waals surface area contributed by atoms with Crippen LogP contribution in [0.4, 0.5) is 0 Å². The highest BCUT2D eigenvalue weighted by Gasteiger charge is 2.13. The molecule has 0 aliphatic carbocycles. The maximum Gasteiger partial charge on any atom is 0.261 e. The molecule has 4 nitrogen and oxygen atoms in total. The maximum atomic E-state index is 12.4. The van der Waals surface area contributed by atoms with Gasteiger partial charge in [0.05, 0.1) is 9.75 Å². The Hall–Kier alpha value is -1.36. The largest absolute Gasteiger partial charge is 0.351 e. The highest BCUT2D eigenvalue weighted by Crippen LogP contribution is 2.17. The predicted molar refractivity (Wildman–Crippen MR) is 171 cm³/mol. The van der Waals surface area contributed by atoms with Crippen molar-refractivity contribution in [2.75, 3.05) is 13.1 Å². The molecule has 0 unspecified atom stereocenters. The Morgan fingerprint density at radius 3 is 1.00 bits per heavy atom. The van der Waals surface area contributed by atoms with Crippen molar-refractivity contribution in [1.82, 2.24) is 10.6 Å². The minimum absolute atomic E-state index is 0.0527. The fourth-order valence-corrected chi connectivity index (χ4v) is 5.93. The van der Waals surface area contributed by atoms with E-state index in [1.165, 1.54) is 153 Å². The first kappa shape index (κ1) is 35.7. The van der Waals surface area contributed by atoms with Gasteiger partial charge in [-0.2, -0.15) is 0 Å². The molecule has 1 heterocycles. The third kappa shape index (κ3) is 21.1. The van der Waals surface area contributed by atoms with Gasteiger partial charge in [0.25, 0.3) is 11.8 Å². The Bertz CT molecular complexity index is 647. The quantitative estimate of drug-likeness (QED) is 0.0998. The number of hydrogen-bond acceptors (Lipinski definition) is 3. The van der Waals surface area contributed by atoms with Gasteiger partial charge in [-0.25, -0.2) is 0 Å². The molecule has 0 aliphatic heterocycles. The summed E-state index contributed by atoms with van der Waals surface area (Å²) in [5.74, 6) is -0.105. The van der Waals surface area contributed by atoms with Gasteiger partial charge in [0, 0.05) is 13.1 Å². The zero-order valence-corrected chi connectivity index (χ0v) is 26.6. The van der Waals surface area contributed by atoms with Crippen molar-refractivity contribution < 1.29 is 9.59 Å². The molecule has 0 saturated heterocycles. The molecule has 1 aromatic heterocycles. The number of unbranched alkanes of at least 4 members (excludes halogenated alkanes) is 22. The van der Waals surface area contributed by atoms with Gasteiger partial charge in [0.15, 0.2) is 0 Å². The summed E-state index contributed by atoms with van der Waals surface area (Å²) >= 11 is 1.30. The number of thiophene rings is 1. The molecular weight excluding hydrogens is 500 g/mol. The number of carbonyl (C=O) groups is 2. The lowest BCUT2D eigenvalue weighted by Gasteiger charge is -2.05. The van der Waals surface area contributed by atoms with Crippen LogP contribution in [0.2, 0.25) is 0 Å². The third-order valence-corrected chi connectivity index (χ3v) is 8.77.